The number of benzene rings is 2. The molecule has 0 aromatic heterocycles. The SMILES string of the molecule is CN(CCS(=O)(=O)NCC(=O)OCc1ccccc1)C(=O)OCc1ccccc1. The van der Waals surface area contributed by atoms with Gasteiger partial charge in [-0.2, -0.15) is 0 Å². The number of carbonyl (C=O) groups is 2. The van der Waals surface area contributed by atoms with E-state index in [9.17, 15) is 18.0 Å². The van der Waals surface area contributed by atoms with Crippen LogP contribution in [0.4, 0.5) is 4.79 Å². The molecule has 1 amide bonds. The van der Waals surface area contributed by atoms with Gasteiger partial charge in [-0.15, -0.1) is 0 Å². The van der Waals surface area contributed by atoms with Crippen LogP contribution in [0.15, 0.2) is 60.7 Å². The first-order valence-electron chi connectivity index (χ1n) is 8.94. The summed E-state index contributed by atoms with van der Waals surface area (Å²) in [6, 6.07) is 18.2. The van der Waals surface area contributed by atoms with Crippen LogP contribution in [0.1, 0.15) is 11.1 Å². The second-order valence-corrected chi connectivity index (χ2v) is 8.17. The minimum absolute atomic E-state index is 0.0669. The van der Waals surface area contributed by atoms with E-state index in [-0.39, 0.29) is 25.5 Å². The van der Waals surface area contributed by atoms with Gasteiger partial charge < -0.3 is 14.4 Å². The maximum absolute atomic E-state index is 12.0. The van der Waals surface area contributed by atoms with Crippen molar-refractivity contribution in [1.29, 1.82) is 0 Å². The molecule has 0 aliphatic carbocycles. The lowest BCUT2D eigenvalue weighted by Gasteiger charge is -2.17. The number of hydrogen-bond acceptors (Lipinski definition) is 6. The maximum atomic E-state index is 12.0. The highest BCUT2D eigenvalue weighted by Crippen LogP contribution is 2.03. The van der Waals surface area contributed by atoms with Gasteiger partial charge in [-0.1, -0.05) is 60.7 Å². The van der Waals surface area contributed by atoms with Crippen molar-refractivity contribution in [3.8, 4) is 0 Å². The first kappa shape index (κ1) is 22.4. The van der Waals surface area contributed by atoms with Crippen molar-refractivity contribution < 1.29 is 27.5 Å². The van der Waals surface area contributed by atoms with E-state index in [2.05, 4.69) is 4.72 Å². The molecule has 0 bridgehead atoms. The summed E-state index contributed by atoms with van der Waals surface area (Å²) in [5.41, 5.74) is 1.64. The van der Waals surface area contributed by atoms with Crippen LogP contribution in [-0.4, -0.2) is 51.3 Å². The number of carbonyl (C=O) groups excluding carboxylic acids is 2. The zero-order valence-corrected chi connectivity index (χ0v) is 16.9. The molecule has 8 nitrogen and oxygen atoms in total. The Morgan fingerprint density at radius 3 is 1.97 bits per heavy atom. The fourth-order valence-electron chi connectivity index (χ4n) is 2.21. The lowest BCUT2D eigenvalue weighted by Crippen LogP contribution is -2.38. The van der Waals surface area contributed by atoms with E-state index in [1.54, 1.807) is 12.1 Å². The molecule has 0 saturated heterocycles. The molecule has 156 valence electrons. The van der Waals surface area contributed by atoms with Crippen LogP contribution in [0.3, 0.4) is 0 Å². The summed E-state index contributed by atoms with van der Waals surface area (Å²) >= 11 is 0. The lowest BCUT2D eigenvalue weighted by molar-refractivity contribution is -0.143. The zero-order valence-electron chi connectivity index (χ0n) is 16.1. The van der Waals surface area contributed by atoms with Gasteiger partial charge in [0, 0.05) is 13.6 Å². The van der Waals surface area contributed by atoms with Crippen LogP contribution < -0.4 is 4.72 Å². The fraction of sp³-hybridized carbons (Fsp3) is 0.300. The van der Waals surface area contributed by atoms with Crippen molar-refractivity contribution in [3.05, 3.63) is 71.8 Å². The number of hydrogen-bond donors (Lipinski definition) is 1. The highest BCUT2D eigenvalue weighted by atomic mass is 32.2. The third-order valence-electron chi connectivity index (χ3n) is 3.89. The van der Waals surface area contributed by atoms with Gasteiger partial charge in [-0.25, -0.2) is 17.9 Å². The minimum Gasteiger partial charge on any atom is -0.460 e. The average Bonchev–Trinajstić information content (AvgIpc) is 2.74. The molecule has 1 N–H and O–H groups in total. The minimum atomic E-state index is -3.76. The quantitative estimate of drug-likeness (QED) is 0.589. The Kier molecular flexibility index (Phi) is 8.63. The van der Waals surface area contributed by atoms with Gasteiger partial charge in [-0.05, 0) is 11.1 Å². The average molecular weight is 420 g/mol. The first-order chi connectivity index (χ1) is 13.9. The number of rotatable bonds is 10. The van der Waals surface area contributed by atoms with Gasteiger partial charge in [0.1, 0.15) is 19.8 Å². The Hall–Kier alpha value is -2.91. The molecular weight excluding hydrogens is 396 g/mol. The topological polar surface area (TPSA) is 102 Å². The number of esters is 1. The molecule has 0 atom stereocenters. The van der Waals surface area contributed by atoms with Crippen molar-refractivity contribution >= 4 is 22.1 Å². The zero-order chi connectivity index (χ0) is 21.1. The van der Waals surface area contributed by atoms with E-state index in [1.165, 1.54) is 7.05 Å². The van der Waals surface area contributed by atoms with Crippen LogP contribution in [0.5, 0.6) is 0 Å². The molecule has 2 rings (SSSR count). The third kappa shape index (κ3) is 8.75. The van der Waals surface area contributed by atoms with Gasteiger partial charge in [0.25, 0.3) is 0 Å². The van der Waals surface area contributed by atoms with E-state index in [1.807, 2.05) is 48.5 Å². The van der Waals surface area contributed by atoms with Crippen LogP contribution in [0.2, 0.25) is 0 Å². The van der Waals surface area contributed by atoms with Gasteiger partial charge in [-0.3, -0.25) is 4.79 Å². The smallest absolute Gasteiger partial charge is 0.409 e. The van der Waals surface area contributed by atoms with Gasteiger partial charge >= 0.3 is 12.1 Å². The van der Waals surface area contributed by atoms with E-state index >= 15 is 0 Å². The molecule has 2 aromatic carbocycles. The summed E-state index contributed by atoms with van der Waals surface area (Å²) in [7, 11) is -2.31. The van der Waals surface area contributed by atoms with Gasteiger partial charge in [0.15, 0.2) is 0 Å². The molecule has 0 radical (unpaired) electrons. The summed E-state index contributed by atoms with van der Waals surface area (Å²) in [4.78, 5) is 24.8. The first-order valence-corrected chi connectivity index (χ1v) is 10.6. The second kappa shape index (κ2) is 11.2. The van der Waals surface area contributed by atoms with Crippen LogP contribution in [0.25, 0.3) is 0 Å². The normalized spacial score (nSPS) is 10.9. The van der Waals surface area contributed by atoms with E-state index in [4.69, 9.17) is 9.47 Å². The number of sulfonamides is 1. The Morgan fingerprint density at radius 1 is 0.897 bits per heavy atom. The maximum Gasteiger partial charge on any atom is 0.409 e. The molecule has 0 saturated carbocycles. The van der Waals surface area contributed by atoms with E-state index < -0.39 is 28.6 Å². The molecule has 2 aromatic rings. The Bertz CT molecular complexity index is 888. The largest absolute Gasteiger partial charge is 0.460 e. The monoisotopic (exact) mass is 420 g/mol. The van der Waals surface area contributed by atoms with Crippen LogP contribution >= 0.6 is 0 Å². The molecule has 0 unspecified atom stereocenters. The summed E-state index contributed by atoms with van der Waals surface area (Å²) in [6.07, 6.45) is -0.633. The molecule has 0 heterocycles. The summed E-state index contributed by atoms with van der Waals surface area (Å²) < 4.78 is 36.3. The molecule has 0 aliphatic heterocycles. The van der Waals surface area contributed by atoms with Crippen molar-refractivity contribution in [3.63, 3.8) is 0 Å². The molecular formula is C20H24N2O6S. The predicted octanol–water partition coefficient (Wildman–Crippen LogP) is 1.92. The lowest BCUT2D eigenvalue weighted by atomic mass is 10.2. The summed E-state index contributed by atoms with van der Waals surface area (Å²) in [5.74, 6) is -1.05. The highest BCUT2D eigenvalue weighted by Gasteiger charge is 2.17. The number of nitrogens with zero attached hydrogens (tertiary/aromatic N) is 1. The van der Waals surface area contributed by atoms with E-state index in [0.717, 1.165) is 16.0 Å². The molecule has 0 spiro atoms. The number of ether oxygens (including phenoxy) is 2. The van der Waals surface area contributed by atoms with Crippen molar-refractivity contribution in [2.45, 2.75) is 13.2 Å². The fourth-order valence-corrected chi connectivity index (χ4v) is 3.20. The molecule has 29 heavy (non-hydrogen) atoms. The molecule has 9 heteroatoms. The van der Waals surface area contributed by atoms with E-state index in [0.29, 0.717) is 0 Å². The van der Waals surface area contributed by atoms with Gasteiger partial charge in [0.05, 0.1) is 5.75 Å². The highest BCUT2D eigenvalue weighted by molar-refractivity contribution is 7.89. The molecule has 0 aliphatic rings. The van der Waals surface area contributed by atoms with Crippen molar-refractivity contribution in [1.82, 2.24) is 9.62 Å². The standard InChI is InChI=1S/C20H24N2O6S/c1-22(20(24)28-16-18-10-6-3-7-11-18)12-13-29(25,26)21-14-19(23)27-15-17-8-4-2-5-9-17/h2-11,21H,12-16H2,1H3. The summed E-state index contributed by atoms with van der Waals surface area (Å²) in [5, 5.41) is 0. The van der Waals surface area contributed by atoms with Crippen LogP contribution in [0, 0.1) is 0 Å². The number of amides is 1. The predicted molar refractivity (Wildman–Crippen MR) is 107 cm³/mol. The van der Waals surface area contributed by atoms with Crippen LogP contribution in [-0.2, 0) is 37.5 Å². The summed E-state index contributed by atoms with van der Waals surface area (Å²) in [6.45, 7) is -0.390. The Labute approximate surface area is 170 Å². The second-order valence-electron chi connectivity index (χ2n) is 6.25. The Balaban J connectivity index is 1.67. The Morgan fingerprint density at radius 2 is 1.41 bits per heavy atom. The van der Waals surface area contributed by atoms with Gasteiger partial charge in [0.2, 0.25) is 10.0 Å². The number of nitrogens with one attached hydrogen (secondary N) is 1. The third-order valence-corrected chi connectivity index (χ3v) is 5.20. The van der Waals surface area contributed by atoms with Crippen molar-refractivity contribution in [2.24, 2.45) is 0 Å². The molecule has 0 fully saturated rings. The van der Waals surface area contributed by atoms with Crippen molar-refractivity contribution in [2.75, 3.05) is 25.9 Å².